The normalized spacial score (nSPS) is 15.5. The molecule has 158 valence electrons. The lowest BCUT2D eigenvalue weighted by Gasteiger charge is -2.21. The van der Waals surface area contributed by atoms with Crippen molar-refractivity contribution in [2.45, 2.75) is 25.2 Å². The van der Waals surface area contributed by atoms with E-state index in [2.05, 4.69) is 15.4 Å². The molecular weight excluding hydrogens is 437 g/mol. The van der Waals surface area contributed by atoms with Gasteiger partial charge in [-0.05, 0) is 60.7 Å². The molecule has 1 aliphatic carbocycles. The van der Waals surface area contributed by atoms with E-state index < -0.39 is 0 Å². The smallest absolute Gasteiger partial charge is 0.242 e. The van der Waals surface area contributed by atoms with E-state index in [4.69, 9.17) is 21.3 Å². The zero-order chi connectivity index (χ0) is 21.4. The summed E-state index contributed by atoms with van der Waals surface area (Å²) in [7, 11) is 1.61. The van der Waals surface area contributed by atoms with Gasteiger partial charge in [-0.25, -0.2) is 19.0 Å². The number of benzene rings is 2. The monoisotopic (exact) mass is 455 g/mol. The molecule has 1 N–H and O–H groups in total. The molecule has 6 nitrogen and oxygen atoms in total. The zero-order valence-electron chi connectivity index (χ0n) is 16.7. The van der Waals surface area contributed by atoms with Gasteiger partial charge < -0.3 is 10.1 Å². The SMILES string of the molecule is COc1cc(Nc2nc3c(s2)CCC[C@@H]3c2ccc(F)cc2)ccc1-n1cnc(Cl)n1. The topological polar surface area (TPSA) is 64.9 Å². The van der Waals surface area contributed by atoms with Crippen LogP contribution < -0.4 is 10.1 Å². The summed E-state index contributed by atoms with van der Waals surface area (Å²) in [6.07, 6.45) is 4.67. The predicted molar refractivity (Wildman–Crippen MR) is 119 cm³/mol. The fourth-order valence-electron chi connectivity index (χ4n) is 3.92. The van der Waals surface area contributed by atoms with Crippen molar-refractivity contribution < 1.29 is 9.13 Å². The minimum Gasteiger partial charge on any atom is -0.494 e. The van der Waals surface area contributed by atoms with Crippen LogP contribution in [0.2, 0.25) is 5.28 Å². The van der Waals surface area contributed by atoms with Crippen LogP contribution in [0.4, 0.5) is 15.2 Å². The number of anilines is 2. The summed E-state index contributed by atoms with van der Waals surface area (Å²) < 4.78 is 20.5. The molecule has 2 aromatic carbocycles. The third-order valence-electron chi connectivity index (χ3n) is 5.37. The molecule has 0 fully saturated rings. The Morgan fingerprint density at radius 3 is 2.81 bits per heavy atom. The summed E-state index contributed by atoms with van der Waals surface area (Å²) in [6, 6.07) is 12.5. The van der Waals surface area contributed by atoms with Gasteiger partial charge in [0, 0.05) is 22.5 Å². The van der Waals surface area contributed by atoms with Crippen molar-refractivity contribution in [3.05, 3.63) is 76.0 Å². The third-order valence-corrected chi connectivity index (χ3v) is 6.59. The van der Waals surface area contributed by atoms with Gasteiger partial charge in [-0.1, -0.05) is 12.1 Å². The fourth-order valence-corrected chi connectivity index (χ4v) is 5.13. The first-order chi connectivity index (χ1) is 15.1. The van der Waals surface area contributed by atoms with Crippen molar-refractivity contribution in [2.24, 2.45) is 0 Å². The third kappa shape index (κ3) is 4.00. The number of aromatic nitrogens is 4. The van der Waals surface area contributed by atoms with E-state index in [1.807, 2.05) is 30.3 Å². The van der Waals surface area contributed by atoms with Crippen LogP contribution in [0, 0.1) is 5.82 Å². The second-order valence-corrected chi connectivity index (χ2v) is 8.72. The highest BCUT2D eigenvalue weighted by Crippen LogP contribution is 2.41. The molecule has 0 saturated heterocycles. The predicted octanol–water partition coefficient (Wildman–Crippen LogP) is 5.74. The first kappa shape index (κ1) is 20.0. The average molecular weight is 456 g/mol. The van der Waals surface area contributed by atoms with Gasteiger partial charge in [-0.3, -0.25) is 0 Å². The van der Waals surface area contributed by atoms with E-state index in [1.54, 1.807) is 23.1 Å². The molecule has 0 amide bonds. The molecule has 4 aromatic rings. The minimum absolute atomic E-state index is 0.174. The lowest BCUT2D eigenvalue weighted by Crippen LogP contribution is -2.10. The summed E-state index contributed by atoms with van der Waals surface area (Å²) in [5.74, 6) is 0.619. The van der Waals surface area contributed by atoms with Crippen molar-refractivity contribution in [2.75, 3.05) is 12.4 Å². The molecule has 0 bridgehead atoms. The number of hydrogen-bond donors (Lipinski definition) is 1. The minimum atomic E-state index is -0.217. The van der Waals surface area contributed by atoms with E-state index in [0.29, 0.717) is 5.75 Å². The van der Waals surface area contributed by atoms with Gasteiger partial charge in [0.05, 0.1) is 12.8 Å². The number of fused-ring (bicyclic) bond motifs is 1. The Morgan fingerprint density at radius 2 is 2.06 bits per heavy atom. The molecule has 31 heavy (non-hydrogen) atoms. The first-order valence-electron chi connectivity index (χ1n) is 9.88. The Morgan fingerprint density at radius 1 is 1.23 bits per heavy atom. The number of halogens is 2. The maximum atomic E-state index is 13.3. The van der Waals surface area contributed by atoms with Crippen LogP contribution in [-0.4, -0.2) is 26.9 Å². The maximum Gasteiger partial charge on any atom is 0.242 e. The van der Waals surface area contributed by atoms with Crippen molar-refractivity contribution >= 4 is 33.8 Å². The number of thiazole rings is 1. The Hall–Kier alpha value is -2.97. The molecule has 0 unspecified atom stereocenters. The maximum absolute atomic E-state index is 13.3. The highest BCUT2D eigenvalue weighted by atomic mass is 35.5. The van der Waals surface area contributed by atoms with Crippen molar-refractivity contribution in [1.82, 2.24) is 19.7 Å². The number of hydrogen-bond acceptors (Lipinski definition) is 6. The molecule has 5 rings (SSSR count). The number of nitrogens with zero attached hydrogens (tertiary/aromatic N) is 4. The Balaban J connectivity index is 1.42. The summed E-state index contributed by atoms with van der Waals surface area (Å²) in [6.45, 7) is 0. The van der Waals surface area contributed by atoms with E-state index in [-0.39, 0.29) is 17.0 Å². The number of rotatable bonds is 5. The lowest BCUT2D eigenvalue weighted by molar-refractivity contribution is 0.412. The molecule has 0 radical (unpaired) electrons. The van der Waals surface area contributed by atoms with Gasteiger partial charge in [-0.2, -0.15) is 0 Å². The van der Waals surface area contributed by atoms with Gasteiger partial charge in [0.1, 0.15) is 23.6 Å². The molecule has 0 spiro atoms. The number of ether oxygens (including phenoxy) is 1. The Bertz CT molecular complexity index is 1220. The van der Waals surface area contributed by atoms with Crippen LogP contribution in [-0.2, 0) is 6.42 Å². The molecule has 1 atom stereocenters. The molecule has 2 heterocycles. The highest BCUT2D eigenvalue weighted by Gasteiger charge is 2.26. The molecule has 9 heteroatoms. The summed E-state index contributed by atoms with van der Waals surface area (Å²) in [5, 5.41) is 8.53. The Labute approximate surface area is 187 Å². The molecular formula is C22H19ClFN5OS. The van der Waals surface area contributed by atoms with Gasteiger partial charge in [0.25, 0.3) is 0 Å². The van der Waals surface area contributed by atoms with Gasteiger partial charge >= 0.3 is 0 Å². The lowest BCUT2D eigenvalue weighted by atomic mass is 9.85. The summed E-state index contributed by atoms with van der Waals surface area (Å²) in [5.41, 5.74) is 3.79. The van der Waals surface area contributed by atoms with E-state index in [0.717, 1.165) is 47.0 Å². The van der Waals surface area contributed by atoms with Gasteiger partial charge in [-0.15, -0.1) is 16.4 Å². The van der Waals surface area contributed by atoms with Gasteiger partial charge in [0.2, 0.25) is 5.28 Å². The second kappa shape index (κ2) is 8.28. The van der Waals surface area contributed by atoms with Gasteiger partial charge in [0.15, 0.2) is 5.13 Å². The van der Waals surface area contributed by atoms with Crippen LogP contribution in [0.1, 0.15) is 34.9 Å². The van der Waals surface area contributed by atoms with E-state index in [9.17, 15) is 4.39 Å². The Kier molecular flexibility index (Phi) is 5.33. The van der Waals surface area contributed by atoms with Crippen LogP contribution in [0.5, 0.6) is 5.75 Å². The van der Waals surface area contributed by atoms with Crippen LogP contribution >= 0.6 is 22.9 Å². The van der Waals surface area contributed by atoms with E-state index in [1.165, 1.54) is 23.3 Å². The van der Waals surface area contributed by atoms with E-state index >= 15 is 0 Å². The quantitative estimate of drug-likeness (QED) is 0.416. The largest absolute Gasteiger partial charge is 0.494 e. The van der Waals surface area contributed by atoms with Crippen molar-refractivity contribution in [1.29, 1.82) is 0 Å². The number of aryl methyl sites for hydroxylation is 1. The van der Waals surface area contributed by atoms with Crippen LogP contribution in [0.25, 0.3) is 5.69 Å². The molecule has 1 aliphatic rings. The molecule has 0 saturated carbocycles. The fraction of sp³-hybridized carbons (Fsp3) is 0.227. The molecule has 0 aliphatic heterocycles. The van der Waals surface area contributed by atoms with Crippen molar-refractivity contribution in [3.8, 4) is 11.4 Å². The van der Waals surface area contributed by atoms with Crippen LogP contribution in [0.15, 0.2) is 48.8 Å². The summed E-state index contributed by atoms with van der Waals surface area (Å²) in [4.78, 5) is 10.1. The van der Waals surface area contributed by atoms with Crippen LogP contribution in [0.3, 0.4) is 0 Å². The number of methoxy groups -OCH3 is 1. The van der Waals surface area contributed by atoms with Crippen molar-refractivity contribution in [3.63, 3.8) is 0 Å². The first-order valence-corrected chi connectivity index (χ1v) is 11.1. The zero-order valence-corrected chi connectivity index (χ0v) is 18.3. The average Bonchev–Trinajstić information content (AvgIpc) is 3.39. The summed E-state index contributed by atoms with van der Waals surface area (Å²) >= 11 is 7.50. The second-order valence-electron chi connectivity index (χ2n) is 7.29. The standard InChI is InChI=1S/C22H19ClFN5OS/c1-30-18-11-15(9-10-17(18)29-12-25-21(23)28-29)26-22-27-20-16(3-2-4-19(20)31-22)13-5-7-14(24)8-6-13/h5-12,16H,2-4H2,1H3,(H,26,27)/t16-/m1/s1. The molecule has 2 aromatic heterocycles. The highest BCUT2D eigenvalue weighted by molar-refractivity contribution is 7.15. The number of nitrogens with one attached hydrogen (secondary N) is 1.